The molecule has 0 saturated heterocycles. The molecule has 4 N–H and O–H groups in total. The highest BCUT2D eigenvalue weighted by Gasteiger charge is 2.21. The SMILES string of the molecule is CCCCCCCCCCCCC/C=C\C/C=C\CCCCCCCCCCCCCCCCCC(O)CC(=O)NC(CO)C(O)CCCCCCCCCCCCCCCCCCCCCCC. The number of hydrogen-bond donors (Lipinski definition) is 4. The van der Waals surface area contributed by atoms with E-state index < -0.39 is 18.2 Å². The molecule has 0 aromatic carbocycles. The van der Waals surface area contributed by atoms with Gasteiger partial charge in [-0.05, 0) is 44.9 Å². The van der Waals surface area contributed by atoms with Crippen LogP contribution in [0.25, 0.3) is 0 Å². The average molecular weight is 973 g/mol. The molecule has 0 fully saturated rings. The quantitative estimate of drug-likeness (QED) is 0.0361. The fourth-order valence-corrected chi connectivity index (χ4v) is 10.2. The number of rotatable bonds is 59. The largest absolute Gasteiger partial charge is 0.394 e. The van der Waals surface area contributed by atoms with Gasteiger partial charge in [-0.2, -0.15) is 0 Å². The number of carbonyl (C=O) groups is 1. The average Bonchev–Trinajstić information content (AvgIpc) is 3.35. The number of aliphatic hydroxyl groups is 3. The van der Waals surface area contributed by atoms with Crippen molar-refractivity contribution in [3.05, 3.63) is 24.3 Å². The van der Waals surface area contributed by atoms with Crippen molar-refractivity contribution in [1.29, 1.82) is 0 Å². The summed E-state index contributed by atoms with van der Waals surface area (Å²) >= 11 is 0. The van der Waals surface area contributed by atoms with E-state index >= 15 is 0 Å². The van der Waals surface area contributed by atoms with Crippen molar-refractivity contribution in [3.8, 4) is 0 Å². The Labute approximate surface area is 432 Å². The molecule has 5 heteroatoms. The second-order valence-electron chi connectivity index (χ2n) is 22.0. The maximum Gasteiger partial charge on any atom is 0.222 e. The number of aliphatic hydroxyl groups excluding tert-OH is 3. The van der Waals surface area contributed by atoms with Gasteiger partial charge in [0.2, 0.25) is 5.91 Å². The molecule has 0 aromatic heterocycles. The first-order valence-electron chi connectivity index (χ1n) is 31.6. The highest BCUT2D eigenvalue weighted by Crippen LogP contribution is 2.19. The summed E-state index contributed by atoms with van der Waals surface area (Å²) in [7, 11) is 0. The molecule has 69 heavy (non-hydrogen) atoms. The van der Waals surface area contributed by atoms with Gasteiger partial charge >= 0.3 is 0 Å². The van der Waals surface area contributed by atoms with E-state index in [1.165, 1.54) is 289 Å². The summed E-state index contributed by atoms with van der Waals surface area (Å²) in [6.45, 7) is 4.31. The van der Waals surface area contributed by atoms with Crippen LogP contribution in [0, 0.1) is 0 Å². The van der Waals surface area contributed by atoms with Gasteiger partial charge < -0.3 is 20.6 Å². The Morgan fingerprint density at radius 3 is 0.913 bits per heavy atom. The second-order valence-corrected chi connectivity index (χ2v) is 22.0. The van der Waals surface area contributed by atoms with Crippen molar-refractivity contribution in [2.24, 2.45) is 0 Å². The van der Waals surface area contributed by atoms with Gasteiger partial charge in [0.15, 0.2) is 0 Å². The maximum absolute atomic E-state index is 12.6. The lowest BCUT2D eigenvalue weighted by molar-refractivity contribution is -0.125. The molecular formula is C64H125NO4. The monoisotopic (exact) mass is 972 g/mol. The number of allylic oxidation sites excluding steroid dienone is 4. The predicted octanol–water partition coefficient (Wildman–Crippen LogP) is 20.0. The third-order valence-electron chi connectivity index (χ3n) is 15.0. The highest BCUT2D eigenvalue weighted by atomic mass is 16.3. The number of hydrogen-bond acceptors (Lipinski definition) is 4. The lowest BCUT2D eigenvalue weighted by Gasteiger charge is -2.23. The molecule has 5 nitrogen and oxygen atoms in total. The summed E-state index contributed by atoms with van der Waals surface area (Å²) in [6, 6.07) is -0.658. The Morgan fingerprint density at radius 1 is 0.362 bits per heavy atom. The molecule has 0 aromatic rings. The Morgan fingerprint density at radius 2 is 0.623 bits per heavy atom. The van der Waals surface area contributed by atoms with Gasteiger partial charge in [-0.1, -0.05) is 327 Å². The minimum atomic E-state index is -0.749. The van der Waals surface area contributed by atoms with Gasteiger partial charge in [-0.25, -0.2) is 0 Å². The van der Waals surface area contributed by atoms with Gasteiger partial charge in [0.25, 0.3) is 0 Å². The highest BCUT2D eigenvalue weighted by molar-refractivity contribution is 5.76. The Hall–Kier alpha value is -1.17. The van der Waals surface area contributed by atoms with Crippen LogP contribution in [-0.2, 0) is 4.79 Å². The fraction of sp³-hybridized carbons (Fsp3) is 0.922. The number of nitrogens with one attached hydrogen (secondary N) is 1. The van der Waals surface area contributed by atoms with E-state index in [9.17, 15) is 20.1 Å². The van der Waals surface area contributed by atoms with E-state index in [0.29, 0.717) is 12.8 Å². The zero-order chi connectivity index (χ0) is 50.0. The van der Waals surface area contributed by atoms with Crippen LogP contribution >= 0.6 is 0 Å². The predicted molar refractivity (Wildman–Crippen MR) is 305 cm³/mol. The van der Waals surface area contributed by atoms with Gasteiger partial charge in [0.05, 0.1) is 31.3 Å². The standard InChI is InChI=1S/C64H125NO4/c1-3-5-7-9-11-13-15-17-19-21-23-25-26-27-28-29-30-31-32-33-34-35-36-38-39-41-43-45-47-49-51-53-55-57-61(67)59-64(69)65-62(60-66)63(68)58-56-54-52-50-48-46-44-42-40-37-24-22-20-18-16-14-12-10-8-6-4-2/h26-27,29-30,61-63,66-68H,3-25,28,31-60H2,1-2H3,(H,65,69)/b27-26-,30-29-. The molecule has 0 heterocycles. The van der Waals surface area contributed by atoms with Crippen molar-refractivity contribution >= 4 is 5.91 Å². The summed E-state index contributed by atoms with van der Waals surface area (Å²) < 4.78 is 0. The molecule has 3 unspecified atom stereocenters. The van der Waals surface area contributed by atoms with Crippen molar-refractivity contribution in [2.45, 2.75) is 372 Å². The summed E-state index contributed by atoms with van der Waals surface area (Å²) in [4.78, 5) is 12.6. The molecule has 0 aliphatic rings. The summed E-state index contributed by atoms with van der Waals surface area (Å²) in [5.41, 5.74) is 0. The van der Waals surface area contributed by atoms with E-state index in [2.05, 4.69) is 43.5 Å². The molecule has 0 radical (unpaired) electrons. The third kappa shape index (κ3) is 56.0. The third-order valence-corrected chi connectivity index (χ3v) is 15.0. The van der Waals surface area contributed by atoms with Crippen LogP contribution in [0.1, 0.15) is 354 Å². The van der Waals surface area contributed by atoms with E-state index in [1.54, 1.807) is 0 Å². The molecule has 0 saturated carbocycles. The molecule has 1 amide bonds. The van der Waals surface area contributed by atoms with Crippen LogP contribution in [0.2, 0.25) is 0 Å². The normalized spacial score (nSPS) is 13.3. The lowest BCUT2D eigenvalue weighted by atomic mass is 10.0. The fourth-order valence-electron chi connectivity index (χ4n) is 10.2. The Bertz CT molecular complexity index is 1030. The molecule has 0 aliphatic heterocycles. The topological polar surface area (TPSA) is 89.8 Å². The van der Waals surface area contributed by atoms with E-state index in [0.717, 1.165) is 32.1 Å². The first-order valence-corrected chi connectivity index (χ1v) is 31.6. The number of amides is 1. The van der Waals surface area contributed by atoms with E-state index in [4.69, 9.17) is 0 Å². The Kier molecular flexibility index (Phi) is 58.4. The molecule has 0 spiro atoms. The Balaban J connectivity index is 3.48. The number of unbranched alkanes of at least 4 members (excludes halogenated alkanes) is 46. The summed E-state index contributed by atoms with van der Waals surface area (Å²) in [5, 5.41) is 33.7. The molecule has 0 bridgehead atoms. The summed E-state index contributed by atoms with van der Waals surface area (Å²) in [5.74, 6) is -0.277. The molecule has 3 atom stereocenters. The van der Waals surface area contributed by atoms with Crippen molar-refractivity contribution in [2.75, 3.05) is 6.61 Å². The van der Waals surface area contributed by atoms with Gasteiger partial charge in [0.1, 0.15) is 0 Å². The van der Waals surface area contributed by atoms with Crippen molar-refractivity contribution in [1.82, 2.24) is 5.32 Å². The van der Waals surface area contributed by atoms with Gasteiger partial charge in [0, 0.05) is 0 Å². The minimum absolute atomic E-state index is 0.0397. The second kappa shape index (κ2) is 59.4. The van der Waals surface area contributed by atoms with Crippen LogP contribution in [0.15, 0.2) is 24.3 Å². The smallest absolute Gasteiger partial charge is 0.222 e. The van der Waals surface area contributed by atoms with Crippen molar-refractivity contribution in [3.63, 3.8) is 0 Å². The maximum atomic E-state index is 12.6. The van der Waals surface area contributed by atoms with Gasteiger partial charge in [-0.3, -0.25) is 4.79 Å². The lowest BCUT2D eigenvalue weighted by Crippen LogP contribution is -2.46. The van der Waals surface area contributed by atoms with Crippen LogP contribution in [-0.4, -0.2) is 46.1 Å². The first kappa shape index (κ1) is 67.8. The van der Waals surface area contributed by atoms with Crippen LogP contribution in [0.4, 0.5) is 0 Å². The van der Waals surface area contributed by atoms with Crippen LogP contribution < -0.4 is 5.32 Å². The minimum Gasteiger partial charge on any atom is -0.394 e. The zero-order valence-electron chi connectivity index (χ0n) is 47.0. The summed E-state index contributed by atoms with van der Waals surface area (Å²) in [6.07, 6.45) is 76.5. The molecule has 0 rings (SSSR count). The zero-order valence-corrected chi connectivity index (χ0v) is 47.0. The van der Waals surface area contributed by atoms with E-state index in [-0.39, 0.29) is 18.9 Å². The van der Waals surface area contributed by atoms with Crippen LogP contribution in [0.3, 0.4) is 0 Å². The van der Waals surface area contributed by atoms with Crippen LogP contribution in [0.5, 0.6) is 0 Å². The first-order chi connectivity index (χ1) is 34.0. The van der Waals surface area contributed by atoms with Crippen molar-refractivity contribution < 1.29 is 20.1 Å². The van der Waals surface area contributed by atoms with E-state index in [1.807, 2.05) is 0 Å². The van der Waals surface area contributed by atoms with Gasteiger partial charge in [-0.15, -0.1) is 0 Å². The number of carbonyl (C=O) groups excluding carboxylic acids is 1. The molecule has 0 aliphatic carbocycles. The molecular weight excluding hydrogens is 847 g/mol. The molecule has 410 valence electrons.